The number of nitrogens with zero attached hydrogens (tertiary/aromatic N) is 3. The van der Waals surface area contributed by atoms with E-state index in [9.17, 15) is 9.18 Å². The number of hydrogen-bond donors (Lipinski definition) is 1. The second-order valence-corrected chi connectivity index (χ2v) is 4.06. The Hall–Kier alpha value is -1.50. The van der Waals surface area contributed by atoms with Gasteiger partial charge in [-0.3, -0.25) is 9.89 Å². The summed E-state index contributed by atoms with van der Waals surface area (Å²) < 4.78 is 18.6. The highest BCUT2D eigenvalue weighted by atomic mass is 19.1. The summed E-state index contributed by atoms with van der Waals surface area (Å²) in [6.07, 6.45) is -1.08. The van der Waals surface area contributed by atoms with Crippen molar-refractivity contribution in [2.75, 3.05) is 20.2 Å². The van der Waals surface area contributed by atoms with Gasteiger partial charge in [-0.25, -0.2) is 9.37 Å². The fourth-order valence-corrected chi connectivity index (χ4v) is 1.92. The van der Waals surface area contributed by atoms with E-state index in [2.05, 4.69) is 15.2 Å². The number of ether oxygens (including phenoxy) is 1. The number of H-pyrrole nitrogens is 1. The lowest BCUT2D eigenvalue weighted by Gasteiger charge is -2.33. The normalized spacial score (nSPS) is 25.0. The number of halogens is 1. The van der Waals surface area contributed by atoms with Gasteiger partial charge in [-0.2, -0.15) is 5.10 Å². The van der Waals surface area contributed by atoms with Crippen molar-refractivity contribution in [3.63, 3.8) is 0 Å². The standard InChI is InChI=1S/C10H15FN4O2/c1-6-12-9(14-13-6)10(16)15-4-3-8(17-2)7(11)5-15/h7-8H,3-5H2,1-2H3,(H,12,13,14)/t7-,8+/m1/s1. The molecule has 7 heteroatoms. The molecule has 94 valence electrons. The Kier molecular flexibility index (Phi) is 3.37. The smallest absolute Gasteiger partial charge is 0.291 e. The molecule has 1 amide bonds. The maximum absolute atomic E-state index is 13.6. The Labute approximate surface area is 98.2 Å². The highest BCUT2D eigenvalue weighted by Gasteiger charge is 2.32. The molecule has 0 radical (unpaired) electrons. The van der Waals surface area contributed by atoms with Crippen molar-refractivity contribution in [1.82, 2.24) is 20.1 Å². The van der Waals surface area contributed by atoms with Crippen LogP contribution in [0.5, 0.6) is 0 Å². The summed E-state index contributed by atoms with van der Waals surface area (Å²) >= 11 is 0. The van der Waals surface area contributed by atoms with E-state index in [1.807, 2.05) is 0 Å². The predicted octanol–water partition coefficient (Wildman–Crippen LogP) is 0.312. The van der Waals surface area contributed by atoms with Gasteiger partial charge in [0.25, 0.3) is 5.91 Å². The largest absolute Gasteiger partial charge is 0.378 e. The van der Waals surface area contributed by atoms with E-state index in [0.717, 1.165) is 0 Å². The average molecular weight is 242 g/mol. The highest BCUT2D eigenvalue weighted by molar-refractivity contribution is 5.90. The zero-order valence-corrected chi connectivity index (χ0v) is 9.81. The van der Waals surface area contributed by atoms with Crippen LogP contribution in [-0.2, 0) is 4.74 Å². The molecule has 0 aliphatic carbocycles. The van der Waals surface area contributed by atoms with Crippen LogP contribution < -0.4 is 0 Å². The molecule has 6 nitrogen and oxygen atoms in total. The van der Waals surface area contributed by atoms with E-state index >= 15 is 0 Å². The lowest BCUT2D eigenvalue weighted by molar-refractivity contribution is -0.0177. The van der Waals surface area contributed by atoms with Crippen molar-refractivity contribution < 1.29 is 13.9 Å². The minimum absolute atomic E-state index is 0.0388. The number of likely N-dealkylation sites (tertiary alicyclic amines) is 1. The van der Waals surface area contributed by atoms with Crippen LogP contribution in [0.4, 0.5) is 4.39 Å². The monoisotopic (exact) mass is 242 g/mol. The third-order valence-electron chi connectivity index (χ3n) is 2.87. The predicted molar refractivity (Wildman–Crippen MR) is 57.3 cm³/mol. The number of alkyl halides is 1. The van der Waals surface area contributed by atoms with Crippen molar-refractivity contribution in [1.29, 1.82) is 0 Å². The van der Waals surface area contributed by atoms with Crippen LogP contribution in [-0.4, -0.2) is 58.5 Å². The first kappa shape index (κ1) is 12.0. The van der Waals surface area contributed by atoms with E-state index in [-0.39, 0.29) is 18.3 Å². The van der Waals surface area contributed by atoms with Crippen LogP contribution >= 0.6 is 0 Å². The van der Waals surface area contributed by atoms with Crippen molar-refractivity contribution in [3.8, 4) is 0 Å². The number of piperidine rings is 1. The van der Waals surface area contributed by atoms with Crippen molar-refractivity contribution in [3.05, 3.63) is 11.6 Å². The molecule has 2 rings (SSSR count). The van der Waals surface area contributed by atoms with E-state index in [1.54, 1.807) is 6.92 Å². The molecule has 2 heterocycles. The van der Waals surface area contributed by atoms with Gasteiger partial charge in [0.05, 0.1) is 12.6 Å². The van der Waals surface area contributed by atoms with Gasteiger partial charge in [0.15, 0.2) is 0 Å². The van der Waals surface area contributed by atoms with Crippen LogP contribution in [0, 0.1) is 6.92 Å². The number of hydrogen-bond acceptors (Lipinski definition) is 4. The fraction of sp³-hybridized carbons (Fsp3) is 0.700. The number of rotatable bonds is 2. The molecule has 1 aromatic rings. The molecule has 1 aliphatic heterocycles. The SMILES string of the molecule is CO[C@H]1CCN(C(=O)c2nc(C)n[nH]2)C[C@H]1F. The zero-order chi connectivity index (χ0) is 12.4. The summed E-state index contributed by atoms with van der Waals surface area (Å²) in [6.45, 7) is 2.19. The van der Waals surface area contributed by atoms with Gasteiger partial charge in [0, 0.05) is 13.7 Å². The van der Waals surface area contributed by atoms with Crippen LogP contribution in [0.2, 0.25) is 0 Å². The fourth-order valence-electron chi connectivity index (χ4n) is 1.92. The van der Waals surface area contributed by atoms with Crippen LogP contribution in [0.15, 0.2) is 0 Å². The molecular formula is C10H15FN4O2. The number of nitrogens with one attached hydrogen (secondary N) is 1. The number of aryl methyl sites for hydroxylation is 1. The summed E-state index contributed by atoms with van der Waals surface area (Å²) in [5, 5.41) is 6.32. The maximum Gasteiger partial charge on any atom is 0.291 e. The zero-order valence-electron chi connectivity index (χ0n) is 9.81. The minimum atomic E-state index is -1.15. The van der Waals surface area contributed by atoms with E-state index < -0.39 is 12.3 Å². The molecule has 0 spiro atoms. The molecular weight excluding hydrogens is 227 g/mol. The van der Waals surface area contributed by atoms with Gasteiger partial charge in [0.1, 0.15) is 12.0 Å². The van der Waals surface area contributed by atoms with E-state index in [0.29, 0.717) is 18.8 Å². The summed E-state index contributed by atoms with van der Waals surface area (Å²) in [5.74, 6) is 0.338. The van der Waals surface area contributed by atoms with E-state index in [1.165, 1.54) is 12.0 Å². The third-order valence-corrected chi connectivity index (χ3v) is 2.87. The Morgan fingerprint density at radius 3 is 2.94 bits per heavy atom. The molecule has 1 aliphatic rings. The first-order chi connectivity index (χ1) is 8.11. The minimum Gasteiger partial charge on any atom is -0.378 e. The molecule has 1 saturated heterocycles. The molecule has 0 aromatic carbocycles. The molecule has 0 unspecified atom stereocenters. The van der Waals surface area contributed by atoms with Crippen LogP contribution in [0.25, 0.3) is 0 Å². The second-order valence-electron chi connectivity index (χ2n) is 4.06. The van der Waals surface area contributed by atoms with Crippen molar-refractivity contribution in [2.24, 2.45) is 0 Å². The van der Waals surface area contributed by atoms with Gasteiger partial charge in [-0.15, -0.1) is 0 Å². The number of carbonyl (C=O) groups excluding carboxylic acids is 1. The van der Waals surface area contributed by atoms with Gasteiger partial charge >= 0.3 is 0 Å². The number of aromatic amines is 1. The van der Waals surface area contributed by atoms with Crippen LogP contribution in [0.3, 0.4) is 0 Å². The summed E-state index contributed by atoms with van der Waals surface area (Å²) in [7, 11) is 1.48. The Bertz CT molecular complexity index is 409. The quantitative estimate of drug-likeness (QED) is 0.810. The summed E-state index contributed by atoms with van der Waals surface area (Å²) in [4.78, 5) is 17.3. The van der Waals surface area contributed by atoms with Crippen molar-refractivity contribution in [2.45, 2.75) is 25.6 Å². The Balaban J connectivity index is 2.02. The third kappa shape index (κ3) is 2.44. The van der Waals surface area contributed by atoms with Crippen molar-refractivity contribution >= 4 is 5.91 Å². The van der Waals surface area contributed by atoms with Crippen LogP contribution in [0.1, 0.15) is 22.9 Å². The molecule has 2 atom stereocenters. The first-order valence-corrected chi connectivity index (χ1v) is 5.47. The highest BCUT2D eigenvalue weighted by Crippen LogP contribution is 2.17. The Morgan fingerprint density at radius 1 is 1.65 bits per heavy atom. The lowest BCUT2D eigenvalue weighted by atomic mass is 10.1. The number of methoxy groups -OCH3 is 1. The second kappa shape index (κ2) is 4.79. The summed E-state index contributed by atoms with van der Waals surface area (Å²) in [6, 6.07) is 0. The van der Waals surface area contributed by atoms with Gasteiger partial charge in [-0.1, -0.05) is 0 Å². The van der Waals surface area contributed by atoms with Gasteiger partial charge in [0.2, 0.25) is 5.82 Å². The van der Waals surface area contributed by atoms with Gasteiger partial charge in [-0.05, 0) is 13.3 Å². The molecule has 1 fully saturated rings. The van der Waals surface area contributed by atoms with Gasteiger partial charge < -0.3 is 9.64 Å². The molecule has 1 aromatic heterocycles. The summed E-state index contributed by atoms with van der Waals surface area (Å²) in [5.41, 5.74) is 0. The topological polar surface area (TPSA) is 71.1 Å². The number of carbonyl (C=O) groups is 1. The molecule has 0 saturated carbocycles. The molecule has 1 N–H and O–H groups in total. The molecule has 0 bridgehead atoms. The lowest BCUT2D eigenvalue weighted by Crippen LogP contribution is -2.48. The first-order valence-electron chi connectivity index (χ1n) is 5.47. The maximum atomic E-state index is 13.6. The number of amides is 1. The Morgan fingerprint density at radius 2 is 2.41 bits per heavy atom. The number of aromatic nitrogens is 3. The average Bonchev–Trinajstić information content (AvgIpc) is 2.75. The van der Waals surface area contributed by atoms with E-state index in [4.69, 9.17) is 4.74 Å². The molecule has 17 heavy (non-hydrogen) atoms.